The average Bonchev–Trinajstić information content (AvgIpc) is 2.75. The first-order valence-electron chi connectivity index (χ1n) is 6.01. The van der Waals surface area contributed by atoms with Crippen molar-refractivity contribution in [2.45, 2.75) is 25.3 Å². The minimum atomic E-state index is 0.573. The Balaban J connectivity index is 2.04. The molecule has 0 bridgehead atoms. The van der Waals surface area contributed by atoms with Crippen molar-refractivity contribution in [2.75, 3.05) is 19.6 Å². The number of nitrogens with two attached hydrogens (primary N) is 1. The molecule has 16 heavy (non-hydrogen) atoms. The topological polar surface area (TPSA) is 29.3 Å². The second-order valence-electron chi connectivity index (χ2n) is 4.39. The second kappa shape index (κ2) is 5.67. The van der Waals surface area contributed by atoms with Crippen molar-refractivity contribution < 1.29 is 0 Å². The van der Waals surface area contributed by atoms with Gasteiger partial charge < -0.3 is 5.73 Å². The summed E-state index contributed by atoms with van der Waals surface area (Å²) in [6.45, 7) is 3.10. The summed E-state index contributed by atoms with van der Waals surface area (Å²) in [5, 5.41) is 0.815. The fourth-order valence-electron chi connectivity index (χ4n) is 2.45. The van der Waals surface area contributed by atoms with Gasteiger partial charge in [0.15, 0.2) is 0 Å². The first-order valence-corrected chi connectivity index (χ1v) is 6.38. The van der Waals surface area contributed by atoms with E-state index in [2.05, 4.69) is 17.0 Å². The molecule has 0 spiro atoms. The summed E-state index contributed by atoms with van der Waals surface area (Å²) in [6.07, 6.45) is 3.63. The number of halogens is 1. The lowest BCUT2D eigenvalue weighted by atomic mass is 10.0. The van der Waals surface area contributed by atoms with Gasteiger partial charge in [0.05, 0.1) is 0 Å². The van der Waals surface area contributed by atoms with Crippen molar-refractivity contribution >= 4 is 11.6 Å². The van der Waals surface area contributed by atoms with Gasteiger partial charge in [0.25, 0.3) is 0 Å². The summed E-state index contributed by atoms with van der Waals surface area (Å²) >= 11 is 5.91. The number of likely N-dealkylation sites (tertiary alicyclic amines) is 1. The molecule has 0 aromatic heterocycles. The van der Waals surface area contributed by atoms with E-state index in [0.717, 1.165) is 24.5 Å². The summed E-state index contributed by atoms with van der Waals surface area (Å²) in [5.74, 6) is 0. The number of benzene rings is 1. The van der Waals surface area contributed by atoms with E-state index in [-0.39, 0.29) is 0 Å². The van der Waals surface area contributed by atoms with Crippen LogP contribution in [0.25, 0.3) is 0 Å². The zero-order valence-electron chi connectivity index (χ0n) is 9.53. The van der Waals surface area contributed by atoms with Crippen molar-refractivity contribution in [2.24, 2.45) is 5.73 Å². The maximum atomic E-state index is 5.91. The molecule has 1 aromatic carbocycles. The predicted molar refractivity (Wildman–Crippen MR) is 68.7 cm³/mol. The molecule has 2 nitrogen and oxygen atoms in total. The molecular formula is C13H19ClN2. The van der Waals surface area contributed by atoms with Crippen LogP contribution in [0, 0.1) is 0 Å². The molecular weight excluding hydrogens is 220 g/mol. The molecule has 2 N–H and O–H groups in total. The third-order valence-corrected chi connectivity index (χ3v) is 3.52. The Labute approximate surface area is 102 Å². The maximum absolute atomic E-state index is 5.91. The number of nitrogens with zero attached hydrogens (tertiary/aromatic N) is 1. The normalized spacial score (nSPS) is 21.5. The van der Waals surface area contributed by atoms with Gasteiger partial charge in [-0.3, -0.25) is 4.90 Å². The molecule has 1 aliphatic heterocycles. The fraction of sp³-hybridized carbons (Fsp3) is 0.538. The van der Waals surface area contributed by atoms with Gasteiger partial charge in [-0.2, -0.15) is 0 Å². The van der Waals surface area contributed by atoms with Crippen LogP contribution in [-0.2, 0) is 0 Å². The van der Waals surface area contributed by atoms with Crippen LogP contribution in [0.15, 0.2) is 24.3 Å². The summed E-state index contributed by atoms with van der Waals surface area (Å²) in [5.41, 5.74) is 6.95. The monoisotopic (exact) mass is 238 g/mol. The van der Waals surface area contributed by atoms with Crippen molar-refractivity contribution in [3.63, 3.8) is 0 Å². The Morgan fingerprint density at radius 2 is 2.06 bits per heavy atom. The summed E-state index contributed by atoms with van der Waals surface area (Å²) in [6, 6.07) is 8.83. The van der Waals surface area contributed by atoms with Crippen molar-refractivity contribution in [1.82, 2.24) is 4.90 Å². The van der Waals surface area contributed by atoms with Gasteiger partial charge >= 0.3 is 0 Å². The van der Waals surface area contributed by atoms with E-state index < -0.39 is 0 Å². The van der Waals surface area contributed by atoms with Crippen LogP contribution in [0.4, 0.5) is 0 Å². The van der Waals surface area contributed by atoms with E-state index in [0.29, 0.717) is 6.04 Å². The standard InChI is InChI=1S/C13H19ClN2/c14-12-6-4-11(5-7-12)13-3-1-9-16(13)10-2-8-15/h4-7,13H,1-3,8-10,15H2. The first-order chi connectivity index (χ1) is 7.81. The van der Waals surface area contributed by atoms with Gasteiger partial charge in [-0.25, -0.2) is 0 Å². The molecule has 1 aromatic rings. The van der Waals surface area contributed by atoms with Gasteiger partial charge in [0.2, 0.25) is 0 Å². The molecule has 1 atom stereocenters. The Morgan fingerprint density at radius 3 is 2.75 bits per heavy atom. The fourth-order valence-corrected chi connectivity index (χ4v) is 2.58. The highest BCUT2D eigenvalue weighted by Gasteiger charge is 2.24. The minimum absolute atomic E-state index is 0.573. The first kappa shape index (κ1) is 11.9. The average molecular weight is 239 g/mol. The van der Waals surface area contributed by atoms with Crippen LogP contribution in [0.2, 0.25) is 5.02 Å². The SMILES string of the molecule is NCCCN1CCCC1c1ccc(Cl)cc1. The smallest absolute Gasteiger partial charge is 0.0406 e. The lowest BCUT2D eigenvalue weighted by Crippen LogP contribution is -2.25. The highest BCUT2D eigenvalue weighted by atomic mass is 35.5. The van der Waals surface area contributed by atoms with Gasteiger partial charge in [0, 0.05) is 11.1 Å². The largest absolute Gasteiger partial charge is 0.330 e. The number of rotatable bonds is 4. The molecule has 88 valence electrons. The minimum Gasteiger partial charge on any atom is -0.330 e. The molecule has 0 amide bonds. The Kier molecular flexibility index (Phi) is 4.22. The Morgan fingerprint density at radius 1 is 1.31 bits per heavy atom. The van der Waals surface area contributed by atoms with Crippen LogP contribution in [0.5, 0.6) is 0 Å². The van der Waals surface area contributed by atoms with E-state index in [4.69, 9.17) is 17.3 Å². The van der Waals surface area contributed by atoms with E-state index in [9.17, 15) is 0 Å². The van der Waals surface area contributed by atoms with Gasteiger partial charge in [-0.15, -0.1) is 0 Å². The highest BCUT2D eigenvalue weighted by molar-refractivity contribution is 6.30. The Hall–Kier alpha value is -0.570. The Bertz CT molecular complexity index is 323. The van der Waals surface area contributed by atoms with Crippen LogP contribution in [0.1, 0.15) is 30.9 Å². The van der Waals surface area contributed by atoms with E-state index >= 15 is 0 Å². The maximum Gasteiger partial charge on any atom is 0.0406 e. The zero-order chi connectivity index (χ0) is 11.4. The van der Waals surface area contributed by atoms with E-state index in [1.54, 1.807) is 0 Å². The molecule has 1 unspecified atom stereocenters. The number of hydrogen-bond acceptors (Lipinski definition) is 2. The third kappa shape index (κ3) is 2.76. The summed E-state index contributed by atoms with van der Waals surface area (Å²) < 4.78 is 0. The molecule has 1 aliphatic rings. The van der Waals surface area contributed by atoms with Crippen LogP contribution in [0.3, 0.4) is 0 Å². The number of hydrogen-bond donors (Lipinski definition) is 1. The molecule has 3 heteroatoms. The second-order valence-corrected chi connectivity index (χ2v) is 4.82. The van der Waals surface area contributed by atoms with Crippen LogP contribution < -0.4 is 5.73 Å². The quantitative estimate of drug-likeness (QED) is 0.874. The summed E-state index contributed by atoms with van der Waals surface area (Å²) in [4.78, 5) is 2.54. The third-order valence-electron chi connectivity index (χ3n) is 3.27. The molecule has 0 aliphatic carbocycles. The van der Waals surface area contributed by atoms with Crippen LogP contribution >= 0.6 is 11.6 Å². The van der Waals surface area contributed by atoms with Crippen molar-refractivity contribution in [3.8, 4) is 0 Å². The van der Waals surface area contributed by atoms with E-state index in [1.165, 1.54) is 24.9 Å². The van der Waals surface area contributed by atoms with Crippen LogP contribution in [-0.4, -0.2) is 24.5 Å². The highest BCUT2D eigenvalue weighted by Crippen LogP contribution is 2.32. The van der Waals surface area contributed by atoms with Crippen molar-refractivity contribution in [3.05, 3.63) is 34.9 Å². The predicted octanol–water partition coefficient (Wildman–Crippen LogP) is 2.83. The molecule has 2 rings (SSSR count). The van der Waals surface area contributed by atoms with Crippen molar-refractivity contribution in [1.29, 1.82) is 0 Å². The summed E-state index contributed by atoms with van der Waals surface area (Å²) in [7, 11) is 0. The molecule has 0 saturated carbocycles. The molecule has 1 heterocycles. The lowest BCUT2D eigenvalue weighted by molar-refractivity contribution is 0.255. The molecule has 1 saturated heterocycles. The zero-order valence-corrected chi connectivity index (χ0v) is 10.3. The van der Waals surface area contributed by atoms with Gasteiger partial charge in [0.1, 0.15) is 0 Å². The molecule has 0 radical (unpaired) electrons. The molecule has 1 fully saturated rings. The van der Waals surface area contributed by atoms with Gasteiger partial charge in [-0.05, 0) is 56.6 Å². The lowest BCUT2D eigenvalue weighted by Gasteiger charge is -2.24. The van der Waals surface area contributed by atoms with E-state index in [1.807, 2.05) is 12.1 Å². The van der Waals surface area contributed by atoms with Gasteiger partial charge in [-0.1, -0.05) is 23.7 Å².